The van der Waals surface area contributed by atoms with Crippen LogP contribution >= 0.6 is 0 Å². The predicted molar refractivity (Wildman–Crippen MR) is 83.9 cm³/mol. The van der Waals surface area contributed by atoms with Gasteiger partial charge in [0.2, 0.25) is 0 Å². The summed E-state index contributed by atoms with van der Waals surface area (Å²) in [5.74, 6) is 1.63. The fraction of sp³-hybridized carbons (Fsp3) is 0.412. The number of anilines is 2. The van der Waals surface area contributed by atoms with Gasteiger partial charge in [-0.3, -0.25) is 0 Å². The lowest BCUT2D eigenvalue weighted by atomic mass is 9.98. The number of rotatable bonds is 3. The first kappa shape index (κ1) is 12.8. The lowest BCUT2D eigenvalue weighted by Gasteiger charge is -2.21. The molecule has 2 aromatic rings. The summed E-state index contributed by atoms with van der Waals surface area (Å²) < 4.78 is 0. The minimum atomic E-state index is 0.512. The van der Waals surface area contributed by atoms with Gasteiger partial charge in [-0.25, -0.2) is 9.97 Å². The number of fused-ring (bicyclic) bond motifs is 2. The lowest BCUT2D eigenvalue weighted by molar-refractivity contribution is 0.666. The van der Waals surface area contributed by atoms with Crippen molar-refractivity contribution in [1.82, 2.24) is 9.97 Å². The van der Waals surface area contributed by atoms with Crippen molar-refractivity contribution in [2.75, 3.05) is 18.0 Å². The summed E-state index contributed by atoms with van der Waals surface area (Å²) in [6.07, 6.45) is 6.14. The van der Waals surface area contributed by atoms with Gasteiger partial charge in [0.15, 0.2) is 0 Å². The van der Waals surface area contributed by atoms with E-state index in [1.54, 1.807) is 6.33 Å². The highest BCUT2D eigenvalue weighted by atomic mass is 15.2. The zero-order valence-corrected chi connectivity index (χ0v) is 12.1. The number of aryl methyl sites for hydroxylation is 1. The maximum atomic E-state index is 5.80. The molecule has 4 rings (SSSR count). The highest BCUT2D eigenvalue weighted by Gasteiger charge is 2.31. The Morgan fingerprint density at radius 2 is 2.10 bits per heavy atom. The van der Waals surface area contributed by atoms with Crippen molar-refractivity contribution < 1.29 is 0 Å². The van der Waals surface area contributed by atoms with Crippen molar-refractivity contribution in [3.8, 4) is 0 Å². The first-order valence-corrected chi connectivity index (χ1v) is 7.77. The molecule has 1 atom stereocenters. The van der Waals surface area contributed by atoms with Gasteiger partial charge < -0.3 is 10.6 Å². The second kappa shape index (κ2) is 5.11. The van der Waals surface area contributed by atoms with Crippen LogP contribution in [0.15, 0.2) is 30.6 Å². The normalized spacial score (nSPS) is 19.7. The van der Waals surface area contributed by atoms with Crippen LogP contribution in [0.2, 0.25) is 0 Å². The average molecular weight is 280 g/mol. The molecule has 2 aliphatic rings. The van der Waals surface area contributed by atoms with Crippen LogP contribution in [-0.4, -0.2) is 23.1 Å². The lowest BCUT2D eigenvalue weighted by Crippen LogP contribution is -2.20. The van der Waals surface area contributed by atoms with Crippen molar-refractivity contribution in [3.05, 3.63) is 47.4 Å². The Morgan fingerprint density at radius 1 is 1.19 bits per heavy atom. The van der Waals surface area contributed by atoms with E-state index >= 15 is 0 Å². The molecule has 0 bridgehead atoms. The largest absolute Gasteiger partial charge is 0.330 e. The fourth-order valence-corrected chi connectivity index (χ4v) is 3.72. The zero-order chi connectivity index (χ0) is 14.2. The van der Waals surface area contributed by atoms with Gasteiger partial charge in [0, 0.05) is 29.4 Å². The number of nitrogens with zero attached hydrogens (tertiary/aromatic N) is 3. The quantitative estimate of drug-likeness (QED) is 0.938. The number of hydrogen-bond donors (Lipinski definition) is 1. The Balaban J connectivity index is 1.79. The van der Waals surface area contributed by atoms with Crippen molar-refractivity contribution >= 4 is 11.5 Å². The van der Waals surface area contributed by atoms with Gasteiger partial charge in [-0.05, 0) is 43.9 Å². The minimum Gasteiger partial charge on any atom is -0.330 e. The van der Waals surface area contributed by atoms with E-state index < -0.39 is 0 Å². The predicted octanol–water partition coefficient (Wildman–Crippen LogP) is 2.55. The molecule has 0 spiro atoms. The molecule has 0 fully saturated rings. The molecule has 4 nitrogen and oxygen atoms in total. The van der Waals surface area contributed by atoms with Gasteiger partial charge in [-0.1, -0.05) is 18.2 Å². The highest BCUT2D eigenvalue weighted by Crippen LogP contribution is 2.43. The Kier molecular flexibility index (Phi) is 3.11. The molecule has 0 radical (unpaired) electrons. The van der Waals surface area contributed by atoms with E-state index in [4.69, 9.17) is 5.73 Å². The number of aromatic nitrogens is 2. The van der Waals surface area contributed by atoms with Crippen LogP contribution in [0.3, 0.4) is 0 Å². The van der Waals surface area contributed by atoms with Crippen molar-refractivity contribution in [2.24, 2.45) is 5.73 Å². The highest BCUT2D eigenvalue weighted by molar-refractivity contribution is 5.71. The molecular formula is C17H20N4. The summed E-state index contributed by atoms with van der Waals surface area (Å²) in [6.45, 7) is 1.72. The maximum Gasteiger partial charge on any atom is 0.139 e. The molecule has 1 aromatic carbocycles. The number of hydrogen-bond acceptors (Lipinski definition) is 4. The molecular weight excluding hydrogens is 260 g/mol. The van der Waals surface area contributed by atoms with E-state index in [1.807, 2.05) is 0 Å². The van der Waals surface area contributed by atoms with E-state index in [0.717, 1.165) is 38.2 Å². The van der Waals surface area contributed by atoms with Crippen molar-refractivity contribution in [3.63, 3.8) is 0 Å². The Labute approximate surface area is 125 Å². The third-order valence-electron chi connectivity index (χ3n) is 4.69. The van der Waals surface area contributed by atoms with Crippen molar-refractivity contribution in [1.29, 1.82) is 0 Å². The topological polar surface area (TPSA) is 55.0 Å². The van der Waals surface area contributed by atoms with Crippen LogP contribution in [0.1, 0.15) is 35.6 Å². The summed E-state index contributed by atoms with van der Waals surface area (Å²) in [6, 6.07) is 8.67. The van der Waals surface area contributed by atoms with Gasteiger partial charge in [0.1, 0.15) is 12.1 Å². The van der Waals surface area contributed by atoms with E-state index in [9.17, 15) is 0 Å². The zero-order valence-electron chi connectivity index (χ0n) is 12.1. The first-order valence-electron chi connectivity index (χ1n) is 7.77. The second-order valence-corrected chi connectivity index (χ2v) is 5.92. The van der Waals surface area contributed by atoms with Gasteiger partial charge in [-0.2, -0.15) is 0 Å². The smallest absolute Gasteiger partial charge is 0.139 e. The Hall–Kier alpha value is -1.94. The summed E-state index contributed by atoms with van der Waals surface area (Å²) in [4.78, 5) is 11.4. The Bertz CT molecular complexity index is 668. The molecule has 1 aliphatic heterocycles. The Morgan fingerprint density at radius 3 is 3.00 bits per heavy atom. The molecule has 4 heteroatoms. The molecule has 0 saturated carbocycles. The monoisotopic (exact) mass is 280 g/mol. The number of nitrogens with two attached hydrogens (primary N) is 1. The van der Waals surface area contributed by atoms with E-state index in [-0.39, 0.29) is 0 Å². The van der Waals surface area contributed by atoms with Crippen LogP contribution in [0, 0.1) is 0 Å². The minimum absolute atomic E-state index is 0.512. The molecule has 2 heterocycles. The molecule has 0 saturated heterocycles. The van der Waals surface area contributed by atoms with Crippen LogP contribution in [0.4, 0.5) is 11.5 Å². The third-order valence-corrected chi connectivity index (χ3v) is 4.69. The van der Waals surface area contributed by atoms with Gasteiger partial charge in [0.05, 0.1) is 0 Å². The van der Waals surface area contributed by atoms with Crippen LogP contribution in [0.25, 0.3) is 0 Å². The fourth-order valence-electron chi connectivity index (χ4n) is 3.72. The number of para-hydroxylation sites is 1. The molecule has 2 N–H and O–H groups in total. The molecule has 0 amide bonds. The summed E-state index contributed by atoms with van der Waals surface area (Å²) in [7, 11) is 0. The molecule has 21 heavy (non-hydrogen) atoms. The maximum absolute atomic E-state index is 5.80. The molecule has 1 unspecified atom stereocenters. The standard InChI is InChI=1S/C17H20N4/c18-9-8-12-10-21(16-7-2-1-4-13(12)16)17-14-5-3-6-15(14)19-11-20-17/h1-2,4,7,11-12H,3,5-6,8-10,18H2. The molecule has 108 valence electrons. The van der Waals surface area contributed by atoms with E-state index in [2.05, 4.69) is 39.1 Å². The summed E-state index contributed by atoms with van der Waals surface area (Å²) in [5, 5.41) is 0. The van der Waals surface area contributed by atoms with Crippen LogP contribution in [-0.2, 0) is 12.8 Å². The second-order valence-electron chi connectivity index (χ2n) is 5.92. The first-order chi connectivity index (χ1) is 10.4. The SMILES string of the molecule is NCCC1CN(c2ncnc3c2CCC3)c2ccccc21. The third kappa shape index (κ3) is 2.02. The van der Waals surface area contributed by atoms with Gasteiger partial charge in [-0.15, -0.1) is 0 Å². The molecule has 1 aromatic heterocycles. The van der Waals surface area contributed by atoms with Crippen LogP contribution in [0.5, 0.6) is 0 Å². The summed E-state index contributed by atoms with van der Waals surface area (Å²) >= 11 is 0. The summed E-state index contributed by atoms with van der Waals surface area (Å²) in [5.41, 5.74) is 11.1. The van der Waals surface area contributed by atoms with Gasteiger partial charge in [0.25, 0.3) is 0 Å². The number of benzene rings is 1. The van der Waals surface area contributed by atoms with E-state index in [1.165, 1.54) is 28.9 Å². The average Bonchev–Trinajstić information content (AvgIpc) is 3.12. The van der Waals surface area contributed by atoms with E-state index in [0.29, 0.717) is 5.92 Å². The van der Waals surface area contributed by atoms with Gasteiger partial charge >= 0.3 is 0 Å². The molecule has 1 aliphatic carbocycles. The van der Waals surface area contributed by atoms with Crippen molar-refractivity contribution in [2.45, 2.75) is 31.6 Å². The van der Waals surface area contributed by atoms with Crippen LogP contribution < -0.4 is 10.6 Å².